The van der Waals surface area contributed by atoms with Gasteiger partial charge in [0.2, 0.25) is 0 Å². The molecule has 0 aliphatic carbocycles. The number of nitroso groups, excluding NO2 is 1. The molecule has 7 nitrogen and oxygen atoms in total. The van der Waals surface area contributed by atoms with Crippen LogP contribution in [0.25, 0.3) is 5.57 Å². The van der Waals surface area contributed by atoms with Crippen LogP contribution in [0, 0.1) is 11.8 Å². The summed E-state index contributed by atoms with van der Waals surface area (Å²) in [4.78, 5) is 38.7. The van der Waals surface area contributed by atoms with Gasteiger partial charge in [-0.3, -0.25) is 9.59 Å². The molecule has 30 heavy (non-hydrogen) atoms. The van der Waals surface area contributed by atoms with Crippen molar-refractivity contribution in [2.75, 3.05) is 0 Å². The quantitative estimate of drug-likeness (QED) is 0.413. The first-order valence-electron chi connectivity index (χ1n) is 8.84. The number of benzene rings is 1. The number of carboxylic acids is 1. The number of rotatable bonds is 10. The molecule has 2 rings (SSSR count). The standard InChI is InChI=1S/C21H21N3O4S2/c1-4-14(9-17(22)20(27)24-28)8-12(2)15-6-5-7-16(10-15)29-21-23-13(3)18(30-21)11-19(25)26/h4-8,10,17H,1-2,9,11,22H2,3H3,(H,25,26)/b14-8+. The zero-order valence-electron chi connectivity index (χ0n) is 16.3. The van der Waals surface area contributed by atoms with E-state index in [1.54, 1.807) is 19.1 Å². The summed E-state index contributed by atoms with van der Waals surface area (Å²) in [5, 5.41) is 11.3. The van der Waals surface area contributed by atoms with Gasteiger partial charge in [0.1, 0.15) is 0 Å². The number of carbonyl (C=O) groups is 2. The monoisotopic (exact) mass is 443 g/mol. The second-order valence-corrected chi connectivity index (χ2v) is 8.78. The lowest BCUT2D eigenvalue weighted by atomic mass is 10.0. The fraction of sp³-hybridized carbons (Fsp3) is 0.190. The van der Waals surface area contributed by atoms with Crippen LogP contribution in [0.4, 0.5) is 0 Å². The molecule has 1 aromatic carbocycles. The number of aromatic nitrogens is 1. The van der Waals surface area contributed by atoms with Crippen molar-refractivity contribution in [1.82, 2.24) is 4.98 Å². The average Bonchev–Trinajstić information content (AvgIpc) is 3.04. The van der Waals surface area contributed by atoms with Gasteiger partial charge in [0.25, 0.3) is 0 Å². The number of nitrogens with two attached hydrogens (primary N) is 1. The number of aryl methyl sites for hydroxylation is 1. The van der Waals surface area contributed by atoms with Gasteiger partial charge in [-0.15, -0.1) is 16.2 Å². The number of thiazole rings is 1. The van der Waals surface area contributed by atoms with Crippen molar-refractivity contribution < 1.29 is 14.7 Å². The molecule has 0 saturated carbocycles. The van der Waals surface area contributed by atoms with Crippen molar-refractivity contribution >= 4 is 40.5 Å². The lowest BCUT2D eigenvalue weighted by Gasteiger charge is -2.09. The highest BCUT2D eigenvalue weighted by Crippen LogP contribution is 2.34. The molecule has 1 amide bonds. The third-order valence-corrected chi connectivity index (χ3v) is 6.29. The molecule has 1 unspecified atom stereocenters. The van der Waals surface area contributed by atoms with Gasteiger partial charge in [0.15, 0.2) is 4.34 Å². The van der Waals surface area contributed by atoms with Gasteiger partial charge in [-0.25, -0.2) is 4.98 Å². The molecule has 0 spiro atoms. The molecule has 3 N–H and O–H groups in total. The van der Waals surface area contributed by atoms with Crippen molar-refractivity contribution in [2.45, 2.75) is 35.0 Å². The SMILES string of the molecule is C=C/C(=C\C(=C)c1cccc(Sc2nc(C)c(CC(=O)O)s2)c1)CC(N)C(=O)N=O. The van der Waals surface area contributed by atoms with Crippen LogP contribution in [0.3, 0.4) is 0 Å². The molecule has 0 radical (unpaired) electrons. The van der Waals surface area contributed by atoms with Crippen LogP contribution >= 0.6 is 23.1 Å². The number of hydrogen-bond acceptors (Lipinski definition) is 7. The number of nitrogens with zero attached hydrogens (tertiary/aromatic N) is 2. The summed E-state index contributed by atoms with van der Waals surface area (Å²) in [7, 11) is 0. The molecule has 1 aromatic heterocycles. The molecule has 156 valence electrons. The minimum Gasteiger partial charge on any atom is -0.481 e. The molecule has 0 saturated heterocycles. The average molecular weight is 444 g/mol. The van der Waals surface area contributed by atoms with Gasteiger partial charge < -0.3 is 10.8 Å². The minimum absolute atomic E-state index is 0.0414. The maximum Gasteiger partial charge on any atom is 0.308 e. The first-order chi connectivity index (χ1) is 14.2. The normalized spacial score (nSPS) is 12.3. The van der Waals surface area contributed by atoms with Gasteiger partial charge in [-0.05, 0) is 42.2 Å². The predicted octanol–water partition coefficient (Wildman–Crippen LogP) is 4.37. The highest BCUT2D eigenvalue weighted by Gasteiger charge is 2.15. The molecule has 1 atom stereocenters. The summed E-state index contributed by atoms with van der Waals surface area (Å²) in [5.74, 6) is -1.79. The van der Waals surface area contributed by atoms with E-state index in [1.165, 1.54) is 23.1 Å². The van der Waals surface area contributed by atoms with E-state index < -0.39 is 17.9 Å². The number of allylic oxidation sites excluding steroid dienone is 3. The number of carboxylic acid groups (broad SMARTS) is 1. The molecular formula is C21H21N3O4S2. The Labute approximate surface area is 182 Å². The van der Waals surface area contributed by atoms with E-state index in [1.807, 2.05) is 24.3 Å². The summed E-state index contributed by atoms with van der Waals surface area (Å²) >= 11 is 2.81. The fourth-order valence-electron chi connectivity index (χ4n) is 2.52. The van der Waals surface area contributed by atoms with Crippen LogP contribution in [-0.2, 0) is 16.0 Å². The zero-order chi connectivity index (χ0) is 22.3. The molecule has 1 heterocycles. The van der Waals surface area contributed by atoms with Crippen molar-refractivity contribution in [2.24, 2.45) is 10.9 Å². The van der Waals surface area contributed by atoms with E-state index in [0.717, 1.165) is 25.4 Å². The van der Waals surface area contributed by atoms with Gasteiger partial charge in [0, 0.05) is 14.9 Å². The second-order valence-electron chi connectivity index (χ2n) is 6.38. The first-order valence-corrected chi connectivity index (χ1v) is 10.5. The Morgan fingerprint density at radius 1 is 1.43 bits per heavy atom. The van der Waals surface area contributed by atoms with Crippen LogP contribution in [0.2, 0.25) is 0 Å². The van der Waals surface area contributed by atoms with Gasteiger partial charge in [-0.1, -0.05) is 49.2 Å². The molecule has 0 aliphatic heterocycles. The topological polar surface area (TPSA) is 123 Å². The van der Waals surface area contributed by atoms with Crippen LogP contribution < -0.4 is 5.73 Å². The van der Waals surface area contributed by atoms with E-state index in [9.17, 15) is 14.5 Å². The number of amides is 1. The Morgan fingerprint density at radius 2 is 2.17 bits per heavy atom. The Kier molecular flexibility index (Phi) is 8.40. The minimum atomic E-state index is -1.02. The zero-order valence-corrected chi connectivity index (χ0v) is 18.0. The maximum absolute atomic E-state index is 11.3. The van der Waals surface area contributed by atoms with E-state index in [2.05, 4.69) is 23.3 Å². The molecular weight excluding hydrogens is 422 g/mol. The van der Waals surface area contributed by atoms with Gasteiger partial charge >= 0.3 is 11.9 Å². The number of hydrogen-bond donors (Lipinski definition) is 2. The van der Waals surface area contributed by atoms with Crippen LogP contribution in [0.15, 0.2) is 69.6 Å². The smallest absolute Gasteiger partial charge is 0.308 e. The first kappa shape index (κ1) is 23.4. The Balaban J connectivity index is 2.16. The number of carbonyl (C=O) groups excluding carboxylic acids is 1. The molecule has 2 aromatic rings. The van der Waals surface area contributed by atoms with Crippen molar-refractivity contribution in [3.05, 3.63) is 76.2 Å². The summed E-state index contributed by atoms with van der Waals surface area (Å²) in [5.41, 5.74) is 8.59. The van der Waals surface area contributed by atoms with Crippen LogP contribution in [0.1, 0.15) is 22.6 Å². The summed E-state index contributed by atoms with van der Waals surface area (Å²) in [6.07, 6.45) is 3.41. The lowest BCUT2D eigenvalue weighted by molar-refractivity contribution is -0.136. The van der Waals surface area contributed by atoms with E-state index in [0.29, 0.717) is 11.1 Å². The van der Waals surface area contributed by atoms with Crippen LogP contribution in [0.5, 0.6) is 0 Å². The third kappa shape index (κ3) is 6.58. The van der Waals surface area contributed by atoms with Crippen molar-refractivity contribution in [3.8, 4) is 0 Å². The molecule has 0 fully saturated rings. The predicted molar refractivity (Wildman–Crippen MR) is 119 cm³/mol. The largest absolute Gasteiger partial charge is 0.481 e. The summed E-state index contributed by atoms with van der Waals surface area (Å²) in [6, 6.07) is 6.63. The van der Waals surface area contributed by atoms with E-state index >= 15 is 0 Å². The Hall–Kier alpha value is -2.88. The molecule has 0 bridgehead atoms. The van der Waals surface area contributed by atoms with Crippen LogP contribution in [-0.4, -0.2) is 28.0 Å². The van der Waals surface area contributed by atoms with Crippen molar-refractivity contribution in [1.29, 1.82) is 0 Å². The summed E-state index contributed by atoms with van der Waals surface area (Å²) < 4.78 is 0.764. The Bertz CT molecular complexity index is 1030. The maximum atomic E-state index is 11.3. The van der Waals surface area contributed by atoms with Crippen molar-refractivity contribution in [3.63, 3.8) is 0 Å². The van der Waals surface area contributed by atoms with Gasteiger partial charge in [0.05, 0.1) is 18.2 Å². The second kappa shape index (κ2) is 10.8. The van der Waals surface area contributed by atoms with E-state index in [4.69, 9.17) is 10.8 Å². The highest BCUT2D eigenvalue weighted by atomic mass is 32.2. The summed E-state index contributed by atoms with van der Waals surface area (Å²) in [6.45, 7) is 9.57. The number of aliphatic carboxylic acids is 1. The Morgan fingerprint density at radius 3 is 2.80 bits per heavy atom. The lowest BCUT2D eigenvalue weighted by Crippen LogP contribution is -2.29. The molecule has 9 heteroatoms. The fourth-order valence-corrected chi connectivity index (χ4v) is 4.78. The third-order valence-electron chi connectivity index (χ3n) is 4.08. The highest BCUT2D eigenvalue weighted by molar-refractivity contribution is 8.01. The van der Waals surface area contributed by atoms with E-state index in [-0.39, 0.29) is 12.8 Å². The molecule has 0 aliphatic rings. The van der Waals surface area contributed by atoms with Gasteiger partial charge in [-0.2, -0.15) is 0 Å².